The molecule has 6 nitrogen and oxygen atoms in total. The number of alkyl halides is 3. The number of ether oxygens (including phenoxy) is 2. The van der Waals surface area contributed by atoms with E-state index in [4.69, 9.17) is 21.1 Å². The van der Waals surface area contributed by atoms with Gasteiger partial charge in [0.25, 0.3) is 5.91 Å². The number of nitrogens with zero attached hydrogens (tertiary/aromatic N) is 1. The summed E-state index contributed by atoms with van der Waals surface area (Å²) in [6.07, 6.45) is -2.90. The van der Waals surface area contributed by atoms with Gasteiger partial charge in [-0.1, -0.05) is 11.6 Å². The van der Waals surface area contributed by atoms with Crippen LogP contribution in [0.1, 0.15) is 41.4 Å². The Morgan fingerprint density at radius 2 is 1.87 bits per heavy atom. The van der Waals surface area contributed by atoms with Gasteiger partial charge in [-0.2, -0.15) is 13.2 Å². The van der Waals surface area contributed by atoms with E-state index in [9.17, 15) is 27.5 Å². The first-order valence-corrected chi connectivity index (χ1v) is 12.1. The summed E-state index contributed by atoms with van der Waals surface area (Å²) in [4.78, 5) is 17.0. The lowest BCUT2D eigenvalue weighted by Crippen LogP contribution is -2.49. The monoisotopic (exact) mass is 552 g/mol. The van der Waals surface area contributed by atoms with Gasteiger partial charge in [0.2, 0.25) is 0 Å². The number of pyridine rings is 1. The molecule has 1 heterocycles. The molecule has 1 aromatic heterocycles. The van der Waals surface area contributed by atoms with Crippen molar-refractivity contribution >= 4 is 17.5 Å². The Morgan fingerprint density at radius 1 is 1.13 bits per heavy atom. The van der Waals surface area contributed by atoms with Crippen LogP contribution in [0.25, 0.3) is 11.3 Å². The van der Waals surface area contributed by atoms with Crippen LogP contribution >= 0.6 is 11.6 Å². The highest BCUT2D eigenvalue weighted by Gasteiger charge is 2.53. The molecule has 0 bridgehead atoms. The molecule has 202 valence electrons. The van der Waals surface area contributed by atoms with Gasteiger partial charge in [0.05, 0.1) is 36.2 Å². The van der Waals surface area contributed by atoms with E-state index in [-0.39, 0.29) is 33.5 Å². The fraction of sp³-hybridized carbons (Fsp3) is 0.333. The zero-order valence-corrected chi connectivity index (χ0v) is 21.3. The fourth-order valence-corrected chi connectivity index (χ4v) is 3.91. The predicted octanol–water partition coefficient (Wildman–Crippen LogP) is 5.83. The van der Waals surface area contributed by atoms with Crippen molar-refractivity contribution in [1.29, 1.82) is 0 Å². The molecule has 2 N–H and O–H groups in total. The SMILES string of the molecule is COc1cc(C(=O)NCC(C)(c2cc(CO)cc(-c3ccc(F)c(Cl)c3)n2)C(F)(F)F)ccc1OC1CC1. The van der Waals surface area contributed by atoms with Crippen LogP contribution < -0.4 is 14.8 Å². The number of hydrogen-bond acceptors (Lipinski definition) is 5. The number of hydrogen-bond donors (Lipinski definition) is 2. The molecule has 4 rings (SSSR count). The molecule has 1 aliphatic carbocycles. The van der Waals surface area contributed by atoms with E-state index < -0.39 is 42.2 Å². The van der Waals surface area contributed by atoms with Crippen LogP contribution in [0.4, 0.5) is 17.6 Å². The van der Waals surface area contributed by atoms with Gasteiger partial charge in [0, 0.05) is 17.7 Å². The molecule has 0 saturated heterocycles. The predicted molar refractivity (Wildman–Crippen MR) is 133 cm³/mol. The van der Waals surface area contributed by atoms with Crippen LogP contribution in [0.3, 0.4) is 0 Å². The molecular formula is C27H25ClF4N2O4. The molecule has 3 aromatic rings. The number of aromatic nitrogens is 1. The number of amides is 1. The third kappa shape index (κ3) is 5.86. The number of nitrogens with one attached hydrogen (secondary N) is 1. The Morgan fingerprint density at radius 3 is 2.47 bits per heavy atom. The van der Waals surface area contributed by atoms with E-state index in [0.717, 1.165) is 31.9 Å². The number of aliphatic hydroxyl groups is 1. The number of rotatable bonds is 9. The Hall–Kier alpha value is -3.37. The molecular weight excluding hydrogens is 528 g/mol. The molecule has 1 unspecified atom stereocenters. The molecule has 11 heteroatoms. The minimum Gasteiger partial charge on any atom is -0.493 e. The second kappa shape index (κ2) is 10.8. The fourth-order valence-electron chi connectivity index (χ4n) is 3.73. The summed E-state index contributed by atoms with van der Waals surface area (Å²) < 4.78 is 68.0. The highest BCUT2D eigenvalue weighted by molar-refractivity contribution is 6.31. The largest absolute Gasteiger partial charge is 0.493 e. The lowest BCUT2D eigenvalue weighted by Gasteiger charge is -2.32. The minimum absolute atomic E-state index is 0.0613. The van der Waals surface area contributed by atoms with Crippen molar-refractivity contribution in [2.45, 2.75) is 44.1 Å². The number of halogens is 5. The van der Waals surface area contributed by atoms with Crippen molar-refractivity contribution in [2.24, 2.45) is 0 Å². The summed E-state index contributed by atoms with van der Waals surface area (Å²) in [6.45, 7) is -0.498. The maximum atomic E-state index is 14.5. The average Bonchev–Trinajstić information content (AvgIpc) is 3.72. The van der Waals surface area contributed by atoms with Crippen LogP contribution in [-0.2, 0) is 12.0 Å². The van der Waals surface area contributed by atoms with E-state index in [2.05, 4.69) is 10.3 Å². The number of carbonyl (C=O) groups is 1. The molecule has 0 radical (unpaired) electrons. The van der Waals surface area contributed by atoms with Crippen molar-refractivity contribution in [2.75, 3.05) is 13.7 Å². The molecule has 1 fully saturated rings. The maximum Gasteiger partial charge on any atom is 0.401 e. The Labute approximate surface area is 221 Å². The second-order valence-electron chi connectivity index (χ2n) is 9.23. The summed E-state index contributed by atoms with van der Waals surface area (Å²) in [5, 5.41) is 11.8. The molecule has 1 aliphatic rings. The van der Waals surface area contributed by atoms with Crippen molar-refractivity contribution in [1.82, 2.24) is 10.3 Å². The smallest absolute Gasteiger partial charge is 0.401 e. The van der Waals surface area contributed by atoms with E-state index in [0.29, 0.717) is 11.5 Å². The lowest BCUT2D eigenvalue weighted by molar-refractivity contribution is -0.184. The molecule has 38 heavy (non-hydrogen) atoms. The van der Waals surface area contributed by atoms with Gasteiger partial charge in [0.15, 0.2) is 11.5 Å². The van der Waals surface area contributed by atoms with Crippen LogP contribution in [-0.4, -0.2) is 41.9 Å². The van der Waals surface area contributed by atoms with Gasteiger partial charge < -0.3 is 19.9 Å². The van der Waals surface area contributed by atoms with Crippen molar-refractivity contribution in [3.63, 3.8) is 0 Å². The normalized spacial score (nSPS) is 15.1. The third-order valence-electron chi connectivity index (χ3n) is 6.32. The van der Waals surface area contributed by atoms with Crippen LogP contribution in [0, 0.1) is 5.82 Å². The van der Waals surface area contributed by atoms with E-state index in [1.54, 1.807) is 6.07 Å². The first-order chi connectivity index (χ1) is 17.9. The van der Waals surface area contributed by atoms with E-state index >= 15 is 0 Å². The summed E-state index contributed by atoms with van der Waals surface area (Å²) in [6, 6.07) is 10.5. The minimum atomic E-state index is -4.83. The third-order valence-corrected chi connectivity index (χ3v) is 6.61. The highest BCUT2D eigenvalue weighted by Crippen LogP contribution is 2.41. The number of aliphatic hydroxyl groups excluding tert-OH is 1. The number of benzene rings is 2. The van der Waals surface area contributed by atoms with Gasteiger partial charge in [-0.15, -0.1) is 0 Å². The van der Waals surface area contributed by atoms with Gasteiger partial charge in [-0.05, 0) is 73.9 Å². The Kier molecular flexibility index (Phi) is 7.85. The summed E-state index contributed by atoms with van der Waals surface area (Å²) >= 11 is 5.85. The topological polar surface area (TPSA) is 80.7 Å². The molecule has 1 saturated carbocycles. The van der Waals surface area contributed by atoms with Gasteiger partial charge in [0.1, 0.15) is 11.2 Å². The van der Waals surface area contributed by atoms with Crippen molar-refractivity contribution < 1.29 is 36.9 Å². The van der Waals surface area contributed by atoms with Crippen LogP contribution in [0.5, 0.6) is 11.5 Å². The Balaban J connectivity index is 1.63. The maximum absolute atomic E-state index is 14.5. The summed E-state index contributed by atoms with van der Waals surface area (Å²) in [7, 11) is 1.41. The van der Waals surface area contributed by atoms with E-state index in [1.165, 1.54) is 37.4 Å². The quantitative estimate of drug-likeness (QED) is 0.326. The molecule has 1 atom stereocenters. The van der Waals surface area contributed by atoms with Crippen molar-refractivity contribution in [3.05, 3.63) is 76.2 Å². The zero-order chi connectivity index (χ0) is 27.7. The van der Waals surface area contributed by atoms with Gasteiger partial charge in [-0.25, -0.2) is 4.39 Å². The number of methoxy groups -OCH3 is 1. The second-order valence-corrected chi connectivity index (χ2v) is 9.64. The zero-order valence-electron chi connectivity index (χ0n) is 20.5. The standard InChI is InChI=1S/C27H25ClF4N2O4/c1-26(27(30,31)32,14-33-25(36)17-4-8-22(23(12-17)37-2)38-18-5-6-18)24-10-15(13-35)9-21(34-24)16-3-7-20(29)19(28)11-16/h3-4,7-12,18,35H,5-6,13-14H2,1-2H3,(H,33,36). The molecule has 0 spiro atoms. The van der Waals surface area contributed by atoms with E-state index in [1.807, 2.05) is 0 Å². The van der Waals surface area contributed by atoms with Gasteiger partial charge in [-0.3, -0.25) is 9.78 Å². The van der Waals surface area contributed by atoms with Gasteiger partial charge >= 0.3 is 6.18 Å². The molecule has 0 aliphatic heterocycles. The first kappa shape index (κ1) is 27.7. The van der Waals surface area contributed by atoms with Crippen LogP contribution in [0.15, 0.2) is 48.5 Å². The Bertz CT molecular complexity index is 1350. The molecule has 1 amide bonds. The van der Waals surface area contributed by atoms with Crippen LogP contribution in [0.2, 0.25) is 5.02 Å². The molecule has 2 aromatic carbocycles. The summed E-state index contributed by atoms with van der Waals surface area (Å²) in [5.74, 6) is -0.700. The van der Waals surface area contributed by atoms with Crippen molar-refractivity contribution in [3.8, 4) is 22.8 Å². The lowest BCUT2D eigenvalue weighted by atomic mass is 9.84. The first-order valence-electron chi connectivity index (χ1n) is 11.7. The average molecular weight is 553 g/mol. The number of carbonyl (C=O) groups excluding carboxylic acids is 1. The highest BCUT2D eigenvalue weighted by atomic mass is 35.5. The summed E-state index contributed by atoms with van der Waals surface area (Å²) in [5.41, 5.74) is -2.49.